The zero-order valence-electron chi connectivity index (χ0n) is 20.6. The van der Waals surface area contributed by atoms with E-state index in [0.29, 0.717) is 40.9 Å². The Morgan fingerprint density at radius 2 is 1.71 bits per heavy atom. The number of furan rings is 1. The normalized spacial score (nSPS) is 14.9. The molecule has 35 heavy (non-hydrogen) atoms. The Balaban J connectivity index is 1.44. The van der Waals surface area contributed by atoms with Crippen molar-refractivity contribution in [1.29, 1.82) is 0 Å². The molecule has 4 rings (SSSR count). The molecule has 1 aromatic heterocycles. The van der Waals surface area contributed by atoms with Gasteiger partial charge in [0.15, 0.2) is 5.78 Å². The van der Waals surface area contributed by atoms with Crippen LogP contribution in [-0.4, -0.2) is 73.0 Å². The molecule has 0 spiro atoms. The molecule has 7 nitrogen and oxygen atoms in total. The van der Waals surface area contributed by atoms with E-state index < -0.39 is 5.97 Å². The summed E-state index contributed by atoms with van der Waals surface area (Å²) in [6.07, 6.45) is 3.43. The Hall–Kier alpha value is -3.16. The molecule has 1 saturated heterocycles. The monoisotopic (exact) mass is 478 g/mol. The van der Waals surface area contributed by atoms with Gasteiger partial charge in [-0.05, 0) is 62.4 Å². The average molecular weight is 479 g/mol. The predicted molar refractivity (Wildman–Crippen MR) is 136 cm³/mol. The van der Waals surface area contributed by atoms with Crippen LogP contribution in [0.2, 0.25) is 0 Å². The third-order valence-electron chi connectivity index (χ3n) is 6.59. The number of aromatic carboxylic acids is 1. The van der Waals surface area contributed by atoms with E-state index >= 15 is 0 Å². The van der Waals surface area contributed by atoms with Crippen LogP contribution >= 0.6 is 0 Å². The Morgan fingerprint density at radius 3 is 2.40 bits per heavy atom. The molecular formula is C28H34N2O5. The molecule has 7 heteroatoms. The third kappa shape index (κ3) is 6.10. The molecular weight excluding hydrogens is 444 g/mol. The molecule has 1 fully saturated rings. The smallest absolute Gasteiger partial charge is 0.335 e. The van der Waals surface area contributed by atoms with E-state index in [2.05, 4.69) is 23.8 Å². The molecule has 3 aromatic rings. The van der Waals surface area contributed by atoms with Crippen LogP contribution in [0.1, 0.15) is 58.2 Å². The summed E-state index contributed by atoms with van der Waals surface area (Å²) in [5.41, 5.74) is 1.65. The number of piperazine rings is 1. The van der Waals surface area contributed by atoms with Crippen LogP contribution in [0, 0.1) is 0 Å². The number of aryl methyl sites for hydroxylation is 1. The summed E-state index contributed by atoms with van der Waals surface area (Å²) in [7, 11) is 2.16. The number of carbonyl (C=O) groups excluding carboxylic acids is 1. The number of carbonyl (C=O) groups is 2. The van der Waals surface area contributed by atoms with Crippen molar-refractivity contribution in [3.05, 3.63) is 64.9 Å². The van der Waals surface area contributed by atoms with Crippen LogP contribution in [0.25, 0.3) is 11.0 Å². The minimum atomic E-state index is -1.03. The number of unbranched alkanes of at least 4 members (excludes halogenated alkanes) is 1. The molecule has 0 bridgehead atoms. The van der Waals surface area contributed by atoms with Crippen LogP contribution in [0.4, 0.5) is 0 Å². The lowest BCUT2D eigenvalue weighted by molar-refractivity contribution is 0.0696. The topological polar surface area (TPSA) is 83.2 Å². The van der Waals surface area contributed by atoms with Crippen LogP contribution in [0.3, 0.4) is 0 Å². The lowest BCUT2D eigenvalue weighted by Crippen LogP contribution is -2.44. The minimum absolute atomic E-state index is 0.134. The van der Waals surface area contributed by atoms with E-state index in [1.165, 1.54) is 12.1 Å². The van der Waals surface area contributed by atoms with Gasteiger partial charge in [-0.1, -0.05) is 13.3 Å². The lowest BCUT2D eigenvalue weighted by atomic mass is 9.97. The van der Waals surface area contributed by atoms with Crippen LogP contribution < -0.4 is 4.74 Å². The van der Waals surface area contributed by atoms with E-state index in [0.717, 1.165) is 57.7 Å². The average Bonchev–Trinajstić information content (AvgIpc) is 3.23. The minimum Gasteiger partial charge on any atom is -0.494 e. The molecule has 0 radical (unpaired) electrons. The largest absolute Gasteiger partial charge is 0.494 e. The zero-order valence-corrected chi connectivity index (χ0v) is 20.6. The van der Waals surface area contributed by atoms with Gasteiger partial charge in [0.05, 0.1) is 17.7 Å². The molecule has 2 aromatic carbocycles. The first-order chi connectivity index (χ1) is 17.0. The Morgan fingerprint density at radius 1 is 1.00 bits per heavy atom. The van der Waals surface area contributed by atoms with Crippen molar-refractivity contribution >= 4 is 22.7 Å². The number of ether oxygens (including phenoxy) is 1. The maximum Gasteiger partial charge on any atom is 0.335 e. The van der Waals surface area contributed by atoms with Crippen molar-refractivity contribution in [1.82, 2.24) is 9.80 Å². The van der Waals surface area contributed by atoms with Gasteiger partial charge in [-0.3, -0.25) is 4.79 Å². The fourth-order valence-corrected chi connectivity index (χ4v) is 4.44. The van der Waals surface area contributed by atoms with E-state index in [1.807, 2.05) is 12.1 Å². The molecule has 0 aliphatic carbocycles. The molecule has 1 aliphatic heterocycles. The number of fused-ring (bicyclic) bond motifs is 1. The number of nitrogens with zero attached hydrogens (tertiary/aromatic N) is 2. The number of carboxylic acid groups (broad SMARTS) is 1. The summed E-state index contributed by atoms with van der Waals surface area (Å²) in [6, 6.07) is 11.8. The molecule has 2 heterocycles. The maximum absolute atomic E-state index is 13.5. The van der Waals surface area contributed by atoms with E-state index in [9.17, 15) is 14.7 Å². The van der Waals surface area contributed by atoms with Gasteiger partial charge in [-0.15, -0.1) is 0 Å². The molecule has 0 unspecified atom stereocenters. The van der Waals surface area contributed by atoms with Crippen molar-refractivity contribution in [2.75, 3.05) is 46.4 Å². The standard InChI is InChI=1S/C28H34N2O5/c1-3-4-6-25-26(23-19-21(28(32)33)9-12-24(23)35-25)27(31)20-7-10-22(11-8-20)34-18-5-13-30-16-14-29(2)15-17-30/h7-12,19H,3-6,13-18H2,1-2H3,(H,32,33). The number of likely N-dealkylation sites (N-methyl/N-ethyl adjacent to an activating group) is 1. The fraction of sp³-hybridized carbons (Fsp3) is 0.429. The summed E-state index contributed by atoms with van der Waals surface area (Å²) in [6.45, 7) is 8.16. The quantitative estimate of drug-likeness (QED) is 0.315. The predicted octanol–water partition coefficient (Wildman–Crippen LogP) is 4.72. The summed E-state index contributed by atoms with van der Waals surface area (Å²) in [5.74, 6) is 0.143. The van der Waals surface area contributed by atoms with Gasteiger partial charge in [0.2, 0.25) is 0 Å². The van der Waals surface area contributed by atoms with Crippen LogP contribution in [-0.2, 0) is 6.42 Å². The summed E-state index contributed by atoms with van der Waals surface area (Å²) < 4.78 is 11.9. The van der Waals surface area contributed by atoms with Gasteiger partial charge in [-0.2, -0.15) is 0 Å². The number of hydrogen-bond acceptors (Lipinski definition) is 6. The van der Waals surface area contributed by atoms with Gasteiger partial charge < -0.3 is 24.1 Å². The second-order valence-electron chi connectivity index (χ2n) is 9.22. The number of hydrogen-bond donors (Lipinski definition) is 1. The molecule has 1 aliphatic rings. The van der Waals surface area contributed by atoms with Crippen molar-refractivity contribution in [2.24, 2.45) is 0 Å². The number of carboxylic acids is 1. The van der Waals surface area contributed by atoms with Crippen molar-refractivity contribution in [3.63, 3.8) is 0 Å². The first kappa shape index (κ1) is 24.9. The summed E-state index contributed by atoms with van der Waals surface area (Å²) >= 11 is 0. The lowest BCUT2D eigenvalue weighted by Gasteiger charge is -2.32. The highest BCUT2D eigenvalue weighted by molar-refractivity contribution is 6.17. The SMILES string of the molecule is CCCCc1oc2ccc(C(=O)O)cc2c1C(=O)c1ccc(OCCCN2CCN(C)CC2)cc1. The summed E-state index contributed by atoms with van der Waals surface area (Å²) in [4.78, 5) is 29.8. The Bertz CT molecular complexity index is 1160. The maximum atomic E-state index is 13.5. The summed E-state index contributed by atoms with van der Waals surface area (Å²) in [5, 5.41) is 9.96. The highest BCUT2D eigenvalue weighted by Crippen LogP contribution is 2.31. The molecule has 186 valence electrons. The molecule has 0 atom stereocenters. The van der Waals surface area contributed by atoms with Gasteiger partial charge >= 0.3 is 5.97 Å². The van der Waals surface area contributed by atoms with E-state index in [4.69, 9.17) is 9.15 Å². The third-order valence-corrected chi connectivity index (χ3v) is 6.59. The van der Waals surface area contributed by atoms with Gasteiger partial charge in [0.1, 0.15) is 17.1 Å². The van der Waals surface area contributed by atoms with Crippen molar-refractivity contribution in [2.45, 2.75) is 32.6 Å². The Kier molecular flexibility index (Phi) is 8.21. The van der Waals surface area contributed by atoms with Crippen molar-refractivity contribution < 1.29 is 23.8 Å². The van der Waals surface area contributed by atoms with Gasteiger partial charge in [-0.25, -0.2) is 4.79 Å². The highest BCUT2D eigenvalue weighted by atomic mass is 16.5. The number of rotatable bonds is 11. The number of benzene rings is 2. The Labute approximate surface area is 206 Å². The first-order valence-electron chi connectivity index (χ1n) is 12.4. The van der Waals surface area contributed by atoms with Crippen LogP contribution in [0.5, 0.6) is 5.75 Å². The van der Waals surface area contributed by atoms with Gasteiger partial charge in [0, 0.05) is 50.1 Å². The zero-order chi connectivity index (χ0) is 24.8. The molecule has 0 amide bonds. The second-order valence-corrected chi connectivity index (χ2v) is 9.22. The fourth-order valence-electron chi connectivity index (χ4n) is 4.44. The van der Waals surface area contributed by atoms with Gasteiger partial charge in [0.25, 0.3) is 0 Å². The van der Waals surface area contributed by atoms with E-state index in [1.54, 1.807) is 18.2 Å². The van der Waals surface area contributed by atoms with Crippen molar-refractivity contribution in [3.8, 4) is 5.75 Å². The molecule has 0 saturated carbocycles. The highest BCUT2D eigenvalue weighted by Gasteiger charge is 2.23. The number of ketones is 1. The van der Waals surface area contributed by atoms with Crippen LogP contribution in [0.15, 0.2) is 46.9 Å². The first-order valence-corrected chi connectivity index (χ1v) is 12.4. The van der Waals surface area contributed by atoms with E-state index in [-0.39, 0.29) is 11.3 Å². The second kappa shape index (κ2) is 11.5. The molecule has 1 N–H and O–H groups in total.